The monoisotopic (exact) mass is 281 g/mol. The first kappa shape index (κ1) is 13.3. The SMILES string of the molecule is N#Cc1nccnc1Nc1ccc(N2CCOCC2)cc1. The van der Waals surface area contributed by atoms with Gasteiger partial charge in [-0.1, -0.05) is 0 Å². The van der Waals surface area contributed by atoms with Crippen LogP contribution in [0.2, 0.25) is 0 Å². The van der Waals surface area contributed by atoms with Gasteiger partial charge in [0.25, 0.3) is 0 Å². The van der Waals surface area contributed by atoms with Crippen LogP contribution in [0.15, 0.2) is 36.7 Å². The highest BCUT2D eigenvalue weighted by atomic mass is 16.5. The van der Waals surface area contributed by atoms with Crippen LogP contribution in [0.4, 0.5) is 17.2 Å². The van der Waals surface area contributed by atoms with Crippen LogP contribution in [0.25, 0.3) is 0 Å². The van der Waals surface area contributed by atoms with Crippen LogP contribution < -0.4 is 10.2 Å². The highest BCUT2D eigenvalue weighted by Gasteiger charge is 2.11. The van der Waals surface area contributed by atoms with Crippen LogP contribution in [0.3, 0.4) is 0 Å². The number of anilines is 3. The molecule has 1 saturated heterocycles. The lowest BCUT2D eigenvalue weighted by Crippen LogP contribution is -2.36. The summed E-state index contributed by atoms with van der Waals surface area (Å²) >= 11 is 0. The van der Waals surface area contributed by atoms with Crippen molar-refractivity contribution in [2.24, 2.45) is 0 Å². The molecule has 1 aliphatic rings. The zero-order valence-corrected chi connectivity index (χ0v) is 11.5. The molecule has 1 N–H and O–H groups in total. The number of aromatic nitrogens is 2. The fourth-order valence-corrected chi connectivity index (χ4v) is 2.23. The van der Waals surface area contributed by atoms with Gasteiger partial charge in [0.15, 0.2) is 11.5 Å². The van der Waals surface area contributed by atoms with Crippen molar-refractivity contribution in [2.45, 2.75) is 0 Å². The van der Waals surface area contributed by atoms with Gasteiger partial charge in [-0.2, -0.15) is 5.26 Å². The molecule has 6 nitrogen and oxygen atoms in total. The lowest BCUT2D eigenvalue weighted by atomic mass is 10.2. The summed E-state index contributed by atoms with van der Waals surface area (Å²) in [6, 6.07) is 10.1. The van der Waals surface area contributed by atoms with E-state index in [1.807, 2.05) is 18.2 Å². The maximum atomic E-state index is 9.00. The maximum absolute atomic E-state index is 9.00. The molecule has 2 aromatic rings. The van der Waals surface area contributed by atoms with E-state index in [0.717, 1.165) is 32.0 Å². The molecule has 0 spiro atoms. The number of rotatable bonds is 3. The number of morpholine rings is 1. The summed E-state index contributed by atoms with van der Waals surface area (Å²) in [6.45, 7) is 3.36. The van der Waals surface area contributed by atoms with Gasteiger partial charge >= 0.3 is 0 Å². The van der Waals surface area contributed by atoms with Crippen LogP contribution in [-0.2, 0) is 4.74 Å². The van der Waals surface area contributed by atoms with Crippen LogP contribution in [0.5, 0.6) is 0 Å². The number of ether oxygens (including phenoxy) is 1. The molecule has 0 bridgehead atoms. The van der Waals surface area contributed by atoms with E-state index in [0.29, 0.717) is 5.82 Å². The van der Waals surface area contributed by atoms with Gasteiger partial charge in [0.1, 0.15) is 6.07 Å². The molecule has 0 atom stereocenters. The van der Waals surface area contributed by atoms with Crippen molar-refractivity contribution in [1.29, 1.82) is 5.26 Å². The van der Waals surface area contributed by atoms with Gasteiger partial charge in [-0.05, 0) is 24.3 Å². The maximum Gasteiger partial charge on any atom is 0.183 e. The molecule has 0 amide bonds. The third-order valence-corrected chi connectivity index (χ3v) is 3.31. The molecule has 2 heterocycles. The van der Waals surface area contributed by atoms with Crippen molar-refractivity contribution in [3.63, 3.8) is 0 Å². The van der Waals surface area contributed by atoms with Crippen molar-refractivity contribution in [3.05, 3.63) is 42.4 Å². The number of nitrogens with one attached hydrogen (secondary N) is 1. The Bertz CT molecular complexity index is 644. The topological polar surface area (TPSA) is 74.1 Å². The first-order valence-corrected chi connectivity index (χ1v) is 6.78. The average Bonchev–Trinajstić information content (AvgIpc) is 2.57. The van der Waals surface area contributed by atoms with E-state index in [2.05, 4.69) is 32.3 Å². The minimum absolute atomic E-state index is 0.287. The number of nitriles is 1. The first-order chi connectivity index (χ1) is 10.4. The van der Waals surface area contributed by atoms with Gasteiger partial charge in [0.2, 0.25) is 0 Å². The Morgan fingerprint density at radius 1 is 1.10 bits per heavy atom. The molecule has 1 aliphatic heterocycles. The van der Waals surface area contributed by atoms with Crippen molar-refractivity contribution in [1.82, 2.24) is 9.97 Å². The Labute approximate surface area is 123 Å². The highest BCUT2D eigenvalue weighted by Crippen LogP contribution is 2.21. The van der Waals surface area contributed by atoms with E-state index < -0.39 is 0 Å². The molecule has 0 saturated carbocycles. The fourth-order valence-electron chi connectivity index (χ4n) is 2.23. The zero-order valence-electron chi connectivity index (χ0n) is 11.5. The smallest absolute Gasteiger partial charge is 0.183 e. The van der Waals surface area contributed by atoms with Crippen molar-refractivity contribution in [3.8, 4) is 6.07 Å². The summed E-state index contributed by atoms with van der Waals surface area (Å²) in [4.78, 5) is 10.4. The lowest BCUT2D eigenvalue weighted by Gasteiger charge is -2.28. The quantitative estimate of drug-likeness (QED) is 0.926. The molecule has 3 rings (SSSR count). The first-order valence-electron chi connectivity index (χ1n) is 6.78. The minimum Gasteiger partial charge on any atom is -0.378 e. The van der Waals surface area contributed by atoms with Crippen LogP contribution >= 0.6 is 0 Å². The van der Waals surface area contributed by atoms with E-state index in [4.69, 9.17) is 10.00 Å². The van der Waals surface area contributed by atoms with Gasteiger partial charge in [-0.25, -0.2) is 9.97 Å². The molecule has 106 valence electrons. The third-order valence-electron chi connectivity index (χ3n) is 3.31. The van der Waals surface area contributed by atoms with E-state index in [-0.39, 0.29) is 5.69 Å². The summed E-state index contributed by atoms with van der Waals surface area (Å²) in [7, 11) is 0. The van der Waals surface area contributed by atoms with Crippen LogP contribution in [-0.4, -0.2) is 36.3 Å². The molecular weight excluding hydrogens is 266 g/mol. The normalized spacial score (nSPS) is 14.5. The number of benzene rings is 1. The number of hydrogen-bond donors (Lipinski definition) is 1. The summed E-state index contributed by atoms with van der Waals surface area (Å²) in [6.07, 6.45) is 3.07. The minimum atomic E-state index is 0.287. The second-order valence-electron chi connectivity index (χ2n) is 4.64. The molecule has 21 heavy (non-hydrogen) atoms. The van der Waals surface area contributed by atoms with Crippen molar-refractivity contribution in [2.75, 3.05) is 36.5 Å². The van der Waals surface area contributed by atoms with Crippen molar-refractivity contribution < 1.29 is 4.74 Å². The predicted octanol–water partition coefficient (Wildman–Crippen LogP) is 1.93. The Morgan fingerprint density at radius 3 is 2.52 bits per heavy atom. The number of hydrogen-bond acceptors (Lipinski definition) is 6. The summed E-state index contributed by atoms with van der Waals surface area (Å²) in [5.74, 6) is 0.471. The predicted molar refractivity (Wildman–Crippen MR) is 79.5 cm³/mol. The fraction of sp³-hybridized carbons (Fsp3) is 0.267. The van der Waals surface area contributed by atoms with Gasteiger partial charge in [-0.3, -0.25) is 0 Å². The summed E-state index contributed by atoms with van der Waals surface area (Å²) in [5, 5.41) is 12.1. The summed E-state index contributed by atoms with van der Waals surface area (Å²) in [5.41, 5.74) is 2.34. The molecule has 0 unspecified atom stereocenters. The molecule has 1 fully saturated rings. The zero-order chi connectivity index (χ0) is 14.5. The molecule has 1 aromatic heterocycles. The average molecular weight is 281 g/mol. The standard InChI is InChI=1S/C15H15N5O/c16-11-14-15(18-6-5-17-14)19-12-1-3-13(4-2-12)20-7-9-21-10-8-20/h1-6H,7-10H2,(H,18,19). The van der Waals surface area contributed by atoms with Gasteiger partial charge in [0, 0.05) is 36.9 Å². The molecular formula is C15H15N5O. The van der Waals surface area contributed by atoms with E-state index in [1.165, 1.54) is 11.9 Å². The van der Waals surface area contributed by atoms with Crippen molar-refractivity contribution >= 4 is 17.2 Å². The van der Waals surface area contributed by atoms with Gasteiger partial charge < -0.3 is 15.0 Å². The number of nitrogens with zero attached hydrogens (tertiary/aromatic N) is 4. The molecule has 0 radical (unpaired) electrons. The Hall–Kier alpha value is -2.65. The molecule has 1 aromatic carbocycles. The highest BCUT2D eigenvalue weighted by molar-refractivity contribution is 5.63. The largest absolute Gasteiger partial charge is 0.378 e. The van der Waals surface area contributed by atoms with E-state index in [1.54, 1.807) is 6.20 Å². The Balaban J connectivity index is 1.74. The lowest BCUT2D eigenvalue weighted by molar-refractivity contribution is 0.122. The van der Waals surface area contributed by atoms with Crippen LogP contribution in [0.1, 0.15) is 5.69 Å². The van der Waals surface area contributed by atoms with Gasteiger partial charge in [0.05, 0.1) is 13.2 Å². The Kier molecular flexibility index (Phi) is 3.94. The molecule has 0 aliphatic carbocycles. The van der Waals surface area contributed by atoms with E-state index >= 15 is 0 Å². The second kappa shape index (κ2) is 6.20. The van der Waals surface area contributed by atoms with E-state index in [9.17, 15) is 0 Å². The van der Waals surface area contributed by atoms with Crippen LogP contribution in [0, 0.1) is 11.3 Å². The Morgan fingerprint density at radius 2 is 1.81 bits per heavy atom. The second-order valence-corrected chi connectivity index (χ2v) is 4.64. The van der Waals surface area contributed by atoms with Gasteiger partial charge in [-0.15, -0.1) is 0 Å². The summed E-state index contributed by atoms with van der Waals surface area (Å²) < 4.78 is 5.35. The molecule has 6 heteroatoms. The third kappa shape index (κ3) is 3.09.